The minimum atomic E-state index is -0.485. The molecule has 0 saturated carbocycles. The number of halogens is 1. The number of carbonyl (C=O) groups excluding carboxylic acids is 1. The van der Waals surface area contributed by atoms with Crippen molar-refractivity contribution in [3.05, 3.63) is 29.8 Å². The first-order valence-electron chi connectivity index (χ1n) is 6.72. The first-order valence-corrected chi connectivity index (χ1v) is 6.72. The Morgan fingerprint density at radius 2 is 2.42 bits per heavy atom. The van der Waals surface area contributed by atoms with E-state index >= 15 is 0 Å². The van der Waals surface area contributed by atoms with Crippen molar-refractivity contribution >= 4 is 5.91 Å². The minimum Gasteiger partial charge on any atom is -0.376 e. The second-order valence-corrected chi connectivity index (χ2v) is 4.78. The van der Waals surface area contributed by atoms with Gasteiger partial charge >= 0.3 is 0 Å². The number of aromatic nitrogens is 1. The predicted molar refractivity (Wildman–Crippen MR) is 69.4 cm³/mol. The number of ether oxygens (including phenoxy) is 1. The standard InChI is InChI=1S/C14H19FN2O2/c1-2-6-19-13-4-3-5-17(10-13)14(18)11-7-12(15)9-16-8-11/h7-9,13H,2-6,10H2,1H3. The molecule has 2 heterocycles. The lowest BCUT2D eigenvalue weighted by Crippen LogP contribution is -2.43. The fraction of sp³-hybridized carbons (Fsp3) is 0.571. The van der Waals surface area contributed by atoms with Crippen molar-refractivity contribution in [2.45, 2.75) is 32.3 Å². The summed E-state index contributed by atoms with van der Waals surface area (Å²) in [5, 5.41) is 0. The number of carbonyl (C=O) groups is 1. The Bertz CT molecular complexity index is 439. The number of rotatable bonds is 4. The number of piperidine rings is 1. The molecule has 1 aromatic heterocycles. The first kappa shape index (κ1) is 13.9. The summed E-state index contributed by atoms with van der Waals surface area (Å²) in [6, 6.07) is 1.23. The molecule has 1 aromatic rings. The fourth-order valence-electron chi connectivity index (χ4n) is 2.25. The molecule has 1 amide bonds. The van der Waals surface area contributed by atoms with Crippen molar-refractivity contribution < 1.29 is 13.9 Å². The SMILES string of the molecule is CCCOC1CCCN(C(=O)c2cncc(F)c2)C1. The molecule has 0 bridgehead atoms. The summed E-state index contributed by atoms with van der Waals surface area (Å²) in [4.78, 5) is 17.7. The highest BCUT2D eigenvalue weighted by atomic mass is 19.1. The third-order valence-electron chi connectivity index (χ3n) is 3.17. The number of likely N-dealkylation sites (tertiary alicyclic amines) is 1. The Labute approximate surface area is 112 Å². The van der Waals surface area contributed by atoms with E-state index < -0.39 is 5.82 Å². The van der Waals surface area contributed by atoms with Crippen molar-refractivity contribution in [3.63, 3.8) is 0 Å². The molecule has 1 atom stereocenters. The summed E-state index contributed by atoms with van der Waals surface area (Å²) < 4.78 is 18.8. The Hall–Kier alpha value is -1.49. The van der Waals surface area contributed by atoms with Gasteiger partial charge in [-0.15, -0.1) is 0 Å². The van der Waals surface area contributed by atoms with Crippen LogP contribution in [0, 0.1) is 5.82 Å². The van der Waals surface area contributed by atoms with E-state index in [4.69, 9.17) is 4.74 Å². The summed E-state index contributed by atoms with van der Waals surface area (Å²) in [6.07, 6.45) is 5.47. The van der Waals surface area contributed by atoms with Crippen LogP contribution in [0.2, 0.25) is 0 Å². The number of hydrogen-bond donors (Lipinski definition) is 0. The lowest BCUT2D eigenvalue weighted by Gasteiger charge is -2.32. The Balaban J connectivity index is 1.99. The van der Waals surface area contributed by atoms with Gasteiger partial charge in [-0.25, -0.2) is 4.39 Å². The van der Waals surface area contributed by atoms with Crippen LogP contribution in [-0.4, -0.2) is 41.6 Å². The molecule has 0 radical (unpaired) electrons. The van der Waals surface area contributed by atoms with E-state index in [-0.39, 0.29) is 12.0 Å². The third kappa shape index (κ3) is 3.73. The molecule has 4 nitrogen and oxygen atoms in total. The second-order valence-electron chi connectivity index (χ2n) is 4.78. The average molecular weight is 266 g/mol. The van der Waals surface area contributed by atoms with Crippen molar-refractivity contribution in [3.8, 4) is 0 Å². The van der Waals surface area contributed by atoms with E-state index in [0.29, 0.717) is 25.3 Å². The van der Waals surface area contributed by atoms with Crippen LogP contribution in [0.3, 0.4) is 0 Å². The van der Waals surface area contributed by atoms with Gasteiger partial charge in [0.25, 0.3) is 5.91 Å². The summed E-state index contributed by atoms with van der Waals surface area (Å²) >= 11 is 0. The quantitative estimate of drug-likeness (QED) is 0.839. The molecule has 1 fully saturated rings. The number of hydrogen-bond acceptors (Lipinski definition) is 3. The van der Waals surface area contributed by atoms with Gasteiger partial charge < -0.3 is 9.64 Å². The zero-order valence-corrected chi connectivity index (χ0v) is 11.1. The van der Waals surface area contributed by atoms with Crippen LogP contribution in [-0.2, 0) is 4.74 Å². The molecule has 0 aliphatic carbocycles. The zero-order chi connectivity index (χ0) is 13.7. The van der Waals surface area contributed by atoms with Crippen LogP contribution in [0.15, 0.2) is 18.5 Å². The predicted octanol–water partition coefficient (Wildman–Crippen LogP) is 2.25. The molecular weight excluding hydrogens is 247 g/mol. The minimum absolute atomic E-state index is 0.0965. The highest BCUT2D eigenvalue weighted by Crippen LogP contribution is 2.16. The van der Waals surface area contributed by atoms with Gasteiger partial charge in [0.2, 0.25) is 0 Å². The van der Waals surface area contributed by atoms with Crippen LogP contribution < -0.4 is 0 Å². The maximum Gasteiger partial charge on any atom is 0.255 e. The van der Waals surface area contributed by atoms with Crippen molar-refractivity contribution in [1.29, 1.82) is 0 Å². The van der Waals surface area contributed by atoms with Crippen LogP contribution in [0.5, 0.6) is 0 Å². The van der Waals surface area contributed by atoms with Gasteiger partial charge in [-0.2, -0.15) is 0 Å². The van der Waals surface area contributed by atoms with E-state index in [1.165, 1.54) is 12.3 Å². The first-order chi connectivity index (χ1) is 9.20. The van der Waals surface area contributed by atoms with E-state index in [1.54, 1.807) is 4.90 Å². The Kier molecular flexibility index (Phi) is 4.85. The van der Waals surface area contributed by atoms with Gasteiger partial charge in [0.05, 0.1) is 17.9 Å². The van der Waals surface area contributed by atoms with Gasteiger partial charge in [0.15, 0.2) is 0 Å². The maximum absolute atomic E-state index is 13.1. The molecule has 1 saturated heterocycles. The largest absolute Gasteiger partial charge is 0.376 e. The number of amides is 1. The smallest absolute Gasteiger partial charge is 0.255 e. The second kappa shape index (κ2) is 6.61. The fourth-order valence-corrected chi connectivity index (χ4v) is 2.25. The molecular formula is C14H19FN2O2. The molecule has 104 valence electrons. The topological polar surface area (TPSA) is 42.4 Å². The maximum atomic E-state index is 13.1. The average Bonchev–Trinajstić information content (AvgIpc) is 2.44. The molecule has 2 rings (SSSR count). The highest BCUT2D eigenvalue weighted by molar-refractivity contribution is 5.94. The van der Waals surface area contributed by atoms with Gasteiger partial charge in [-0.3, -0.25) is 9.78 Å². The van der Waals surface area contributed by atoms with Crippen molar-refractivity contribution in [2.75, 3.05) is 19.7 Å². The van der Waals surface area contributed by atoms with E-state index in [2.05, 4.69) is 11.9 Å². The molecule has 0 N–H and O–H groups in total. The Morgan fingerprint density at radius 3 is 3.16 bits per heavy atom. The number of nitrogens with zero attached hydrogens (tertiary/aromatic N) is 2. The molecule has 5 heteroatoms. The lowest BCUT2D eigenvalue weighted by atomic mass is 10.1. The number of pyridine rings is 1. The normalized spacial score (nSPS) is 19.5. The Morgan fingerprint density at radius 1 is 1.58 bits per heavy atom. The lowest BCUT2D eigenvalue weighted by molar-refractivity contribution is 0.00208. The van der Waals surface area contributed by atoms with Crippen LogP contribution in [0.25, 0.3) is 0 Å². The van der Waals surface area contributed by atoms with E-state index in [9.17, 15) is 9.18 Å². The summed E-state index contributed by atoms with van der Waals surface area (Å²) in [7, 11) is 0. The van der Waals surface area contributed by atoms with Crippen LogP contribution in [0.1, 0.15) is 36.5 Å². The molecule has 19 heavy (non-hydrogen) atoms. The van der Waals surface area contributed by atoms with E-state index in [1.807, 2.05) is 0 Å². The summed E-state index contributed by atoms with van der Waals surface area (Å²) in [6.45, 7) is 4.05. The molecule has 1 unspecified atom stereocenters. The zero-order valence-electron chi connectivity index (χ0n) is 11.1. The van der Waals surface area contributed by atoms with Gasteiger partial charge in [-0.1, -0.05) is 6.92 Å². The van der Waals surface area contributed by atoms with Crippen molar-refractivity contribution in [1.82, 2.24) is 9.88 Å². The monoisotopic (exact) mass is 266 g/mol. The van der Waals surface area contributed by atoms with Gasteiger partial charge in [-0.05, 0) is 25.3 Å². The van der Waals surface area contributed by atoms with Crippen LogP contribution >= 0.6 is 0 Å². The summed E-state index contributed by atoms with van der Waals surface area (Å²) in [5.74, 6) is -0.654. The summed E-state index contributed by atoms with van der Waals surface area (Å²) in [5.41, 5.74) is 0.302. The highest BCUT2D eigenvalue weighted by Gasteiger charge is 2.25. The van der Waals surface area contributed by atoms with Crippen LogP contribution in [0.4, 0.5) is 4.39 Å². The van der Waals surface area contributed by atoms with Gasteiger partial charge in [0.1, 0.15) is 5.82 Å². The molecule has 0 aromatic carbocycles. The van der Waals surface area contributed by atoms with Crippen molar-refractivity contribution in [2.24, 2.45) is 0 Å². The van der Waals surface area contributed by atoms with E-state index in [0.717, 1.165) is 25.5 Å². The van der Waals surface area contributed by atoms with Gasteiger partial charge in [0, 0.05) is 25.9 Å². The molecule has 1 aliphatic heterocycles. The molecule has 1 aliphatic rings. The molecule has 0 spiro atoms. The third-order valence-corrected chi connectivity index (χ3v) is 3.17.